The number of rotatable bonds is 3. The number of carbonyl (C=O) groups is 2. The highest BCUT2D eigenvalue weighted by Crippen LogP contribution is 2.16. The zero-order valence-electron chi connectivity index (χ0n) is 9.16. The Morgan fingerprint density at radius 3 is 2.75 bits per heavy atom. The van der Waals surface area contributed by atoms with Crippen molar-refractivity contribution in [3.8, 4) is 0 Å². The summed E-state index contributed by atoms with van der Waals surface area (Å²) in [4.78, 5) is 21.6. The van der Waals surface area contributed by atoms with Crippen LogP contribution in [0.3, 0.4) is 0 Å². The minimum absolute atomic E-state index is 0.185. The maximum atomic E-state index is 10.9. The highest BCUT2D eigenvalue weighted by atomic mass is 79.9. The van der Waals surface area contributed by atoms with Crippen LogP contribution in [0.5, 0.6) is 0 Å². The molecule has 6 heteroatoms. The normalized spacial score (nSPS) is 24.6. The van der Waals surface area contributed by atoms with E-state index in [1.165, 1.54) is 13.8 Å². The van der Waals surface area contributed by atoms with Crippen LogP contribution in [0, 0.1) is 0 Å². The zero-order valence-corrected chi connectivity index (χ0v) is 10.7. The molecular weight excluding hydrogens is 278 g/mol. The summed E-state index contributed by atoms with van der Waals surface area (Å²) in [6, 6.07) is -0.200. The molecule has 0 fully saturated rings. The van der Waals surface area contributed by atoms with E-state index in [4.69, 9.17) is 9.47 Å². The molecule has 1 aliphatic heterocycles. The third kappa shape index (κ3) is 4.32. The van der Waals surface area contributed by atoms with Crippen LogP contribution in [0.2, 0.25) is 0 Å². The molecule has 1 rings (SSSR count). The predicted octanol–water partition coefficient (Wildman–Crippen LogP) is 0.732. The first-order chi connectivity index (χ1) is 7.49. The predicted molar refractivity (Wildman–Crippen MR) is 61.0 cm³/mol. The van der Waals surface area contributed by atoms with E-state index in [9.17, 15) is 9.59 Å². The number of halogens is 1. The van der Waals surface area contributed by atoms with Crippen molar-refractivity contribution in [2.45, 2.75) is 26.0 Å². The van der Waals surface area contributed by atoms with Gasteiger partial charge in [0.15, 0.2) is 0 Å². The SMILES string of the molecule is CC(=O)OC[C@H]1NCC(Br)=C[C@@H]1OC(C)=O. The minimum Gasteiger partial charge on any atom is -0.464 e. The fourth-order valence-corrected chi connectivity index (χ4v) is 1.79. The van der Waals surface area contributed by atoms with Crippen LogP contribution in [0.1, 0.15) is 13.8 Å². The molecule has 90 valence electrons. The Kier molecular flexibility index (Phi) is 4.95. The van der Waals surface area contributed by atoms with Gasteiger partial charge in [0.1, 0.15) is 12.7 Å². The van der Waals surface area contributed by atoms with Crippen LogP contribution in [0.4, 0.5) is 0 Å². The van der Waals surface area contributed by atoms with E-state index >= 15 is 0 Å². The second-order valence-electron chi connectivity index (χ2n) is 3.48. The van der Waals surface area contributed by atoms with Gasteiger partial charge >= 0.3 is 11.9 Å². The van der Waals surface area contributed by atoms with Crippen molar-refractivity contribution in [3.05, 3.63) is 10.6 Å². The lowest BCUT2D eigenvalue weighted by atomic mass is 10.1. The molecule has 1 aliphatic rings. The van der Waals surface area contributed by atoms with Crippen molar-refractivity contribution in [1.29, 1.82) is 0 Å². The second-order valence-corrected chi connectivity index (χ2v) is 4.50. The van der Waals surface area contributed by atoms with Gasteiger partial charge in [0, 0.05) is 24.9 Å². The van der Waals surface area contributed by atoms with Crippen LogP contribution >= 0.6 is 15.9 Å². The molecular formula is C10H14BrNO4. The first-order valence-electron chi connectivity index (χ1n) is 4.89. The Morgan fingerprint density at radius 1 is 1.50 bits per heavy atom. The van der Waals surface area contributed by atoms with Crippen molar-refractivity contribution < 1.29 is 19.1 Å². The molecule has 0 saturated carbocycles. The lowest BCUT2D eigenvalue weighted by molar-refractivity contribution is -0.148. The molecule has 0 spiro atoms. The summed E-state index contributed by atoms with van der Waals surface area (Å²) >= 11 is 3.33. The Morgan fingerprint density at radius 2 is 2.19 bits per heavy atom. The van der Waals surface area contributed by atoms with E-state index in [2.05, 4.69) is 21.2 Å². The summed E-state index contributed by atoms with van der Waals surface area (Å²) < 4.78 is 10.9. The van der Waals surface area contributed by atoms with Crippen molar-refractivity contribution in [2.75, 3.05) is 13.2 Å². The average Bonchev–Trinajstić information content (AvgIpc) is 2.15. The van der Waals surface area contributed by atoms with E-state index in [1.54, 1.807) is 6.08 Å². The van der Waals surface area contributed by atoms with Gasteiger partial charge in [-0.3, -0.25) is 9.59 Å². The van der Waals surface area contributed by atoms with Gasteiger partial charge in [0.05, 0.1) is 6.04 Å². The van der Waals surface area contributed by atoms with Crippen LogP contribution < -0.4 is 5.32 Å². The number of hydrogen-bond donors (Lipinski definition) is 1. The molecule has 0 amide bonds. The average molecular weight is 292 g/mol. The van der Waals surface area contributed by atoms with Crippen LogP contribution in [0.15, 0.2) is 10.6 Å². The van der Waals surface area contributed by atoms with Gasteiger partial charge in [-0.05, 0) is 6.08 Å². The fourth-order valence-electron chi connectivity index (χ4n) is 1.37. The highest BCUT2D eigenvalue weighted by molar-refractivity contribution is 9.11. The number of carbonyl (C=O) groups excluding carboxylic acids is 2. The van der Waals surface area contributed by atoms with E-state index in [-0.39, 0.29) is 24.6 Å². The number of esters is 2. The molecule has 5 nitrogen and oxygen atoms in total. The van der Waals surface area contributed by atoms with Crippen LogP contribution in [-0.4, -0.2) is 37.2 Å². The smallest absolute Gasteiger partial charge is 0.303 e. The molecule has 0 bridgehead atoms. The summed E-state index contributed by atoms with van der Waals surface area (Å²) in [7, 11) is 0. The molecule has 16 heavy (non-hydrogen) atoms. The van der Waals surface area contributed by atoms with Crippen molar-refractivity contribution in [3.63, 3.8) is 0 Å². The summed E-state index contributed by atoms with van der Waals surface area (Å²) in [5.74, 6) is -0.713. The number of nitrogens with one attached hydrogen (secondary N) is 1. The van der Waals surface area contributed by atoms with Crippen molar-refractivity contribution in [2.24, 2.45) is 0 Å². The molecule has 0 saturated heterocycles. The van der Waals surface area contributed by atoms with Crippen molar-refractivity contribution >= 4 is 27.9 Å². The van der Waals surface area contributed by atoms with E-state index < -0.39 is 6.10 Å². The first-order valence-corrected chi connectivity index (χ1v) is 5.68. The minimum atomic E-state index is -0.417. The lowest BCUT2D eigenvalue weighted by Gasteiger charge is -2.29. The Balaban J connectivity index is 2.59. The monoisotopic (exact) mass is 291 g/mol. The van der Waals surface area contributed by atoms with E-state index in [0.29, 0.717) is 6.54 Å². The van der Waals surface area contributed by atoms with Gasteiger partial charge in [0.25, 0.3) is 0 Å². The Bertz CT molecular complexity index is 316. The quantitative estimate of drug-likeness (QED) is 0.777. The molecule has 1 heterocycles. The zero-order chi connectivity index (χ0) is 12.1. The molecule has 0 aromatic carbocycles. The highest BCUT2D eigenvalue weighted by Gasteiger charge is 2.27. The van der Waals surface area contributed by atoms with Gasteiger partial charge in [0.2, 0.25) is 0 Å². The summed E-state index contributed by atoms with van der Waals surface area (Å²) in [6.07, 6.45) is 1.38. The van der Waals surface area contributed by atoms with E-state index in [0.717, 1.165) is 4.48 Å². The molecule has 0 aromatic rings. The summed E-state index contributed by atoms with van der Waals surface area (Å²) in [6.45, 7) is 3.50. The van der Waals surface area contributed by atoms with Crippen LogP contribution in [-0.2, 0) is 19.1 Å². The lowest BCUT2D eigenvalue weighted by Crippen LogP contribution is -2.48. The standard InChI is InChI=1S/C10H14BrNO4/c1-6(13)15-5-9-10(16-7(2)14)3-8(11)4-12-9/h3,9-10,12H,4-5H2,1-2H3/t9-,10+/m1/s1. The fraction of sp³-hybridized carbons (Fsp3) is 0.600. The third-order valence-electron chi connectivity index (χ3n) is 2.04. The molecule has 1 N–H and O–H groups in total. The second kappa shape index (κ2) is 6.00. The van der Waals surface area contributed by atoms with Gasteiger partial charge in [-0.2, -0.15) is 0 Å². The molecule has 0 unspecified atom stereocenters. The maximum absolute atomic E-state index is 10.9. The number of hydrogen-bond acceptors (Lipinski definition) is 5. The van der Waals surface area contributed by atoms with E-state index in [1.807, 2.05) is 0 Å². The van der Waals surface area contributed by atoms with Crippen molar-refractivity contribution in [1.82, 2.24) is 5.32 Å². The summed E-state index contributed by atoms with van der Waals surface area (Å²) in [5, 5.41) is 3.11. The van der Waals surface area contributed by atoms with Gasteiger partial charge in [-0.1, -0.05) is 15.9 Å². The topological polar surface area (TPSA) is 64.6 Å². The maximum Gasteiger partial charge on any atom is 0.303 e. The molecule has 0 radical (unpaired) electrons. The Hall–Kier alpha value is -0.880. The van der Waals surface area contributed by atoms with Gasteiger partial charge < -0.3 is 14.8 Å². The molecule has 0 aliphatic carbocycles. The number of ether oxygens (including phenoxy) is 2. The first kappa shape index (κ1) is 13.2. The largest absolute Gasteiger partial charge is 0.464 e. The van der Waals surface area contributed by atoms with Gasteiger partial charge in [-0.15, -0.1) is 0 Å². The third-order valence-corrected chi connectivity index (χ3v) is 2.59. The molecule has 0 aromatic heterocycles. The molecule has 2 atom stereocenters. The van der Waals surface area contributed by atoms with Crippen LogP contribution in [0.25, 0.3) is 0 Å². The van der Waals surface area contributed by atoms with Gasteiger partial charge in [-0.25, -0.2) is 0 Å². The Labute approximate surface area is 102 Å². The summed E-state index contributed by atoms with van der Waals surface area (Å²) in [5.41, 5.74) is 0.